The summed E-state index contributed by atoms with van der Waals surface area (Å²) >= 11 is 1.74. The van der Waals surface area contributed by atoms with Crippen molar-refractivity contribution in [2.45, 2.75) is 18.9 Å². The summed E-state index contributed by atoms with van der Waals surface area (Å²) in [4.78, 5) is 30.6. The molecule has 0 N–H and O–H groups in total. The highest BCUT2D eigenvalue weighted by Gasteiger charge is 2.33. The Labute approximate surface area is 176 Å². The maximum absolute atomic E-state index is 13.3. The van der Waals surface area contributed by atoms with Gasteiger partial charge < -0.3 is 19.3 Å². The largest absolute Gasteiger partial charge is 0.385 e. The topological polar surface area (TPSA) is 59.1 Å². The third kappa shape index (κ3) is 5.23. The molecule has 1 atom stereocenters. The minimum absolute atomic E-state index is 0.0307. The molecule has 0 fully saturated rings. The van der Waals surface area contributed by atoms with Crippen molar-refractivity contribution in [2.75, 3.05) is 47.1 Å². The molecule has 156 valence electrons. The Bertz CT molecular complexity index is 808. The van der Waals surface area contributed by atoms with Crippen molar-refractivity contribution in [3.8, 4) is 0 Å². The lowest BCUT2D eigenvalue weighted by Gasteiger charge is -2.37. The molecule has 1 aliphatic heterocycles. The van der Waals surface area contributed by atoms with Crippen molar-refractivity contribution in [3.63, 3.8) is 0 Å². The Balaban J connectivity index is 1.80. The Hall–Kier alpha value is -2.22. The molecule has 1 aliphatic rings. The number of carbonyl (C=O) groups is 2. The zero-order valence-corrected chi connectivity index (χ0v) is 17.8. The maximum atomic E-state index is 13.3. The van der Waals surface area contributed by atoms with Crippen LogP contribution in [0.25, 0.3) is 0 Å². The smallest absolute Gasteiger partial charge is 0.249 e. The number of thiophene rings is 1. The third-order valence-electron chi connectivity index (χ3n) is 5.12. The molecule has 2 aromatic rings. The number of ether oxygens (including phenoxy) is 2. The number of rotatable bonds is 9. The van der Waals surface area contributed by atoms with Gasteiger partial charge in [-0.05, 0) is 35.4 Å². The van der Waals surface area contributed by atoms with Crippen molar-refractivity contribution < 1.29 is 19.1 Å². The van der Waals surface area contributed by atoms with E-state index in [-0.39, 0.29) is 31.0 Å². The van der Waals surface area contributed by atoms with Crippen LogP contribution in [0.3, 0.4) is 0 Å². The van der Waals surface area contributed by atoms with Gasteiger partial charge in [0.2, 0.25) is 11.8 Å². The summed E-state index contributed by atoms with van der Waals surface area (Å²) in [5.41, 5.74) is 2.28. The van der Waals surface area contributed by atoms with E-state index in [1.165, 1.54) is 17.6 Å². The van der Waals surface area contributed by atoms with Crippen molar-refractivity contribution in [2.24, 2.45) is 0 Å². The molecule has 0 unspecified atom stereocenters. The van der Waals surface area contributed by atoms with Crippen LogP contribution in [0, 0.1) is 0 Å². The lowest BCUT2D eigenvalue weighted by molar-refractivity contribution is -0.143. The van der Waals surface area contributed by atoms with Crippen LogP contribution < -0.4 is 0 Å². The van der Waals surface area contributed by atoms with Gasteiger partial charge in [-0.3, -0.25) is 9.59 Å². The highest BCUT2D eigenvalue weighted by atomic mass is 32.1. The molecule has 6 nitrogen and oxygen atoms in total. The molecule has 7 heteroatoms. The van der Waals surface area contributed by atoms with Gasteiger partial charge >= 0.3 is 0 Å². The van der Waals surface area contributed by atoms with Crippen LogP contribution in [0.15, 0.2) is 41.8 Å². The molecule has 1 aromatic carbocycles. The predicted octanol–water partition coefficient (Wildman–Crippen LogP) is 2.73. The Morgan fingerprint density at radius 3 is 2.69 bits per heavy atom. The second kappa shape index (κ2) is 10.5. The van der Waals surface area contributed by atoms with E-state index < -0.39 is 0 Å². The SMILES string of the molecule is COCCCN(CC(=O)N1CCc2sccc2[C@H]1c1ccccc1)C(=O)COC. The second-order valence-electron chi connectivity index (χ2n) is 7.04. The highest BCUT2D eigenvalue weighted by Crippen LogP contribution is 2.37. The number of carbonyl (C=O) groups excluding carboxylic acids is 2. The van der Waals surface area contributed by atoms with E-state index in [1.807, 2.05) is 23.1 Å². The van der Waals surface area contributed by atoms with Crippen LogP contribution in [0.1, 0.15) is 28.5 Å². The first-order valence-electron chi connectivity index (χ1n) is 9.82. The van der Waals surface area contributed by atoms with Gasteiger partial charge in [0.25, 0.3) is 0 Å². The molecular formula is C22H28N2O4S. The molecule has 2 amide bonds. The van der Waals surface area contributed by atoms with E-state index in [0.29, 0.717) is 26.1 Å². The third-order valence-corrected chi connectivity index (χ3v) is 6.12. The molecule has 29 heavy (non-hydrogen) atoms. The summed E-state index contributed by atoms with van der Waals surface area (Å²) in [6.45, 7) is 1.68. The molecule has 3 rings (SSSR count). The fourth-order valence-electron chi connectivity index (χ4n) is 3.74. The Kier molecular flexibility index (Phi) is 7.80. The molecule has 2 heterocycles. The van der Waals surface area contributed by atoms with Crippen LogP contribution in [0.2, 0.25) is 0 Å². The molecule has 1 aromatic heterocycles. The van der Waals surface area contributed by atoms with Gasteiger partial charge in [-0.15, -0.1) is 11.3 Å². The first-order chi connectivity index (χ1) is 14.2. The summed E-state index contributed by atoms with van der Waals surface area (Å²) < 4.78 is 10.1. The van der Waals surface area contributed by atoms with Crippen LogP contribution in [0.5, 0.6) is 0 Å². The zero-order valence-electron chi connectivity index (χ0n) is 17.0. The summed E-state index contributed by atoms with van der Waals surface area (Å²) in [5, 5.41) is 2.09. The van der Waals surface area contributed by atoms with Crippen molar-refractivity contribution in [3.05, 3.63) is 57.8 Å². The number of fused-ring (bicyclic) bond motifs is 1. The molecule has 0 saturated heterocycles. The van der Waals surface area contributed by atoms with Crippen LogP contribution >= 0.6 is 11.3 Å². The lowest BCUT2D eigenvalue weighted by atomic mass is 9.93. The van der Waals surface area contributed by atoms with Gasteiger partial charge in [0.15, 0.2) is 0 Å². The van der Waals surface area contributed by atoms with E-state index >= 15 is 0 Å². The van der Waals surface area contributed by atoms with Gasteiger partial charge in [0, 0.05) is 38.8 Å². The molecule has 0 aliphatic carbocycles. The first-order valence-corrected chi connectivity index (χ1v) is 10.7. The van der Waals surface area contributed by atoms with Gasteiger partial charge in [-0.2, -0.15) is 0 Å². The minimum Gasteiger partial charge on any atom is -0.385 e. The maximum Gasteiger partial charge on any atom is 0.249 e. The van der Waals surface area contributed by atoms with E-state index in [9.17, 15) is 9.59 Å². The number of nitrogens with zero attached hydrogens (tertiary/aromatic N) is 2. The van der Waals surface area contributed by atoms with E-state index in [0.717, 1.165) is 12.0 Å². The summed E-state index contributed by atoms with van der Waals surface area (Å²) in [5.74, 6) is -0.223. The standard InChI is InChI=1S/C22H28N2O4S/c1-27-13-6-11-23(21(26)16-28-2)15-20(25)24-12-9-19-18(10-14-29-19)22(24)17-7-4-3-5-8-17/h3-5,7-8,10,14,22H,6,9,11-13,15-16H2,1-2H3/t22-/m1/s1. The summed E-state index contributed by atoms with van der Waals surface area (Å²) in [6.07, 6.45) is 1.52. The van der Waals surface area contributed by atoms with E-state index in [4.69, 9.17) is 9.47 Å². The number of hydrogen-bond acceptors (Lipinski definition) is 5. The monoisotopic (exact) mass is 416 g/mol. The number of methoxy groups -OCH3 is 2. The van der Waals surface area contributed by atoms with Crippen molar-refractivity contribution in [1.82, 2.24) is 9.80 Å². The molecular weight excluding hydrogens is 388 g/mol. The summed E-state index contributed by atoms with van der Waals surface area (Å²) in [7, 11) is 3.12. The van der Waals surface area contributed by atoms with Crippen LogP contribution in [0.4, 0.5) is 0 Å². The minimum atomic E-state index is -0.179. The molecule has 0 saturated carbocycles. The Morgan fingerprint density at radius 1 is 1.17 bits per heavy atom. The highest BCUT2D eigenvalue weighted by molar-refractivity contribution is 7.10. The van der Waals surface area contributed by atoms with Crippen molar-refractivity contribution in [1.29, 1.82) is 0 Å². The van der Waals surface area contributed by atoms with E-state index in [1.54, 1.807) is 23.3 Å². The van der Waals surface area contributed by atoms with Gasteiger partial charge in [-0.1, -0.05) is 30.3 Å². The molecule has 0 bridgehead atoms. The average molecular weight is 417 g/mol. The summed E-state index contributed by atoms with van der Waals surface area (Å²) in [6, 6.07) is 12.1. The number of amides is 2. The quantitative estimate of drug-likeness (QED) is 0.590. The predicted molar refractivity (Wildman–Crippen MR) is 113 cm³/mol. The fourth-order valence-corrected chi connectivity index (χ4v) is 4.64. The van der Waals surface area contributed by atoms with Crippen LogP contribution in [-0.2, 0) is 25.5 Å². The normalized spacial score (nSPS) is 15.8. The average Bonchev–Trinajstić information content (AvgIpc) is 3.22. The van der Waals surface area contributed by atoms with E-state index in [2.05, 4.69) is 23.6 Å². The Morgan fingerprint density at radius 2 is 1.97 bits per heavy atom. The molecule has 0 radical (unpaired) electrons. The second-order valence-corrected chi connectivity index (χ2v) is 8.04. The zero-order chi connectivity index (χ0) is 20.6. The fraction of sp³-hybridized carbons (Fsp3) is 0.455. The number of benzene rings is 1. The van der Waals surface area contributed by atoms with Gasteiger partial charge in [-0.25, -0.2) is 0 Å². The molecule has 0 spiro atoms. The number of hydrogen-bond donors (Lipinski definition) is 0. The van der Waals surface area contributed by atoms with Crippen molar-refractivity contribution >= 4 is 23.2 Å². The van der Waals surface area contributed by atoms with Crippen LogP contribution in [-0.4, -0.2) is 68.7 Å². The van der Waals surface area contributed by atoms with Gasteiger partial charge in [0.1, 0.15) is 6.61 Å². The first kappa shape index (κ1) is 21.5. The lowest BCUT2D eigenvalue weighted by Crippen LogP contribution is -2.47. The van der Waals surface area contributed by atoms with Gasteiger partial charge in [0.05, 0.1) is 12.6 Å².